The Bertz CT molecular complexity index is 762. The second-order valence-electron chi connectivity index (χ2n) is 6.56. The maximum absolute atomic E-state index is 12.7. The van der Waals surface area contributed by atoms with Gasteiger partial charge < -0.3 is 10.6 Å². The summed E-state index contributed by atoms with van der Waals surface area (Å²) in [5.41, 5.74) is 6.69. The lowest BCUT2D eigenvalue weighted by Gasteiger charge is -2.29. The van der Waals surface area contributed by atoms with E-state index in [4.69, 9.17) is 17.3 Å². The van der Waals surface area contributed by atoms with Crippen molar-refractivity contribution in [3.8, 4) is 5.69 Å². The first-order valence-corrected chi connectivity index (χ1v) is 8.78. The highest BCUT2D eigenvalue weighted by Gasteiger charge is 2.33. The summed E-state index contributed by atoms with van der Waals surface area (Å²) in [5, 5.41) is 5.10. The highest BCUT2D eigenvalue weighted by molar-refractivity contribution is 6.32. The number of para-hydroxylation sites is 1. The van der Waals surface area contributed by atoms with Gasteiger partial charge in [0.05, 0.1) is 10.7 Å². The number of hydrogen-bond acceptors (Lipinski definition) is 4. The Morgan fingerprint density at radius 1 is 1.17 bits per heavy atom. The molecule has 2 heterocycles. The molecule has 2 N–H and O–H groups in total. The van der Waals surface area contributed by atoms with E-state index in [1.54, 1.807) is 9.58 Å². The van der Waals surface area contributed by atoms with Crippen LogP contribution < -0.4 is 5.73 Å². The van der Waals surface area contributed by atoms with Crippen LogP contribution in [0.3, 0.4) is 0 Å². The maximum Gasteiger partial charge on any atom is 0.293 e. The van der Waals surface area contributed by atoms with Gasteiger partial charge in [-0.1, -0.05) is 23.7 Å². The van der Waals surface area contributed by atoms with Crippen molar-refractivity contribution in [2.24, 2.45) is 5.73 Å². The molecule has 0 bridgehead atoms. The molecule has 2 aromatic rings. The van der Waals surface area contributed by atoms with Gasteiger partial charge in [0, 0.05) is 25.0 Å². The smallest absolute Gasteiger partial charge is 0.293 e. The van der Waals surface area contributed by atoms with Gasteiger partial charge in [-0.3, -0.25) is 4.79 Å². The number of benzene rings is 1. The Hall–Kier alpha value is -1.92. The summed E-state index contributed by atoms with van der Waals surface area (Å²) in [7, 11) is 0. The molecule has 24 heavy (non-hydrogen) atoms. The molecule has 1 saturated carbocycles. The number of likely N-dealkylation sites (tertiary alicyclic amines) is 1. The first kappa shape index (κ1) is 15.6. The van der Waals surface area contributed by atoms with Crippen LogP contribution in [0.1, 0.15) is 48.0 Å². The van der Waals surface area contributed by atoms with Gasteiger partial charge in [-0.05, 0) is 37.8 Å². The lowest BCUT2D eigenvalue weighted by Crippen LogP contribution is -2.43. The minimum Gasteiger partial charge on any atom is -0.336 e. The molecule has 1 saturated heterocycles. The molecule has 0 atom stereocenters. The molecule has 2 aliphatic rings. The molecule has 1 amide bonds. The summed E-state index contributed by atoms with van der Waals surface area (Å²) in [6.45, 7) is 1.33. The summed E-state index contributed by atoms with van der Waals surface area (Å²) in [6, 6.07) is 7.69. The van der Waals surface area contributed by atoms with E-state index in [9.17, 15) is 4.79 Å². The van der Waals surface area contributed by atoms with Gasteiger partial charge in [0.1, 0.15) is 5.82 Å². The van der Waals surface area contributed by atoms with Gasteiger partial charge in [0.15, 0.2) is 0 Å². The van der Waals surface area contributed by atoms with E-state index in [2.05, 4.69) is 10.1 Å². The summed E-state index contributed by atoms with van der Waals surface area (Å²) in [6.07, 6.45) is 3.81. The number of hydrogen-bond donors (Lipinski definition) is 1. The highest BCUT2D eigenvalue weighted by Crippen LogP contribution is 2.40. The topological polar surface area (TPSA) is 77.0 Å². The van der Waals surface area contributed by atoms with E-state index in [1.165, 1.54) is 0 Å². The number of nitrogens with zero attached hydrogens (tertiary/aromatic N) is 4. The van der Waals surface area contributed by atoms with E-state index >= 15 is 0 Å². The van der Waals surface area contributed by atoms with Crippen molar-refractivity contribution in [2.75, 3.05) is 13.1 Å². The van der Waals surface area contributed by atoms with E-state index in [1.807, 2.05) is 24.3 Å². The number of carbonyl (C=O) groups excluding carboxylic acids is 1. The fraction of sp³-hybridized carbons (Fsp3) is 0.471. The largest absolute Gasteiger partial charge is 0.336 e. The van der Waals surface area contributed by atoms with Crippen molar-refractivity contribution >= 4 is 17.5 Å². The molecule has 0 spiro atoms. The van der Waals surface area contributed by atoms with Crippen LogP contribution >= 0.6 is 11.6 Å². The Kier molecular flexibility index (Phi) is 4.02. The molecule has 1 aliphatic carbocycles. The predicted molar refractivity (Wildman–Crippen MR) is 91.5 cm³/mol. The third-order valence-electron chi connectivity index (χ3n) is 4.67. The number of rotatable bonds is 3. The highest BCUT2D eigenvalue weighted by atomic mass is 35.5. The van der Waals surface area contributed by atoms with Crippen LogP contribution in [0.15, 0.2) is 24.3 Å². The van der Waals surface area contributed by atoms with Gasteiger partial charge in [0.2, 0.25) is 5.82 Å². The molecule has 6 nitrogen and oxygen atoms in total. The van der Waals surface area contributed by atoms with Crippen LogP contribution in [0.4, 0.5) is 0 Å². The van der Waals surface area contributed by atoms with Crippen LogP contribution in [-0.2, 0) is 0 Å². The maximum atomic E-state index is 12.7. The average Bonchev–Trinajstić information content (AvgIpc) is 3.34. The van der Waals surface area contributed by atoms with E-state index < -0.39 is 0 Å². The zero-order valence-corrected chi connectivity index (χ0v) is 14.1. The lowest BCUT2D eigenvalue weighted by atomic mass is 10.1. The number of amides is 1. The fourth-order valence-electron chi connectivity index (χ4n) is 3.07. The van der Waals surface area contributed by atoms with Gasteiger partial charge in [-0.25, -0.2) is 9.67 Å². The lowest BCUT2D eigenvalue weighted by molar-refractivity contribution is 0.0702. The standard InChI is InChI=1S/C17H20ClN5O/c18-13-3-1-2-4-14(13)23-16(11-5-6-11)20-15(21-23)17(24)22-9-7-12(19)8-10-22/h1-4,11-12H,5-10,19H2. The first-order chi connectivity index (χ1) is 11.6. The Balaban J connectivity index is 1.67. The van der Waals surface area contributed by atoms with Gasteiger partial charge in [0.25, 0.3) is 5.91 Å². The van der Waals surface area contributed by atoms with E-state index in [0.29, 0.717) is 24.0 Å². The fourth-order valence-corrected chi connectivity index (χ4v) is 3.28. The summed E-state index contributed by atoms with van der Waals surface area (Å²) in [5.74, 6) is 1.34. The monoisotopic (exact) mass is 345 g/mol. The number of piperidine rings is 1. The van der Waals surface area contributed by atoms with Crippen LogP contribution in [0.2, 0.25) is 5.02 Å². The van der Waals surface area contributed by atoms with Crippen LogP contribution in [0.25, 0.3) is 5.69 Å². The van der Waals surface area contributed by atoms with Crippen LogP contribution in [0.5, 0.6) is 0 Å². The van der Waals surface area contributed by atoms with E-state index in [-0.39, 0.29) is 17.8 Å². The number of halogens is 1. The van der Waals surface area contributed by atoms with Crippen molar-refractivity contribution < 1.29 is 4.79 Å². The van der Waals surface area contributed by atoms with Crippen LogP contribution in [0, 0.1) is 0 Å². The molecule has 4 rings (SSSR count). The molecular weight excluding hydrogens is 326 g/mol. The quantitative estimate of drug-likeness (QED) is 0.926. The minimum atomic E-state index is -0.116. The third kappa shape index (κ3) is 2.91. The summed E-state index contributed by atoms with van der Waals surface area (Å²) >= 11 is 6.31. The second-order valence-corrected chi connectivity index (χ2v) is 6.97. The van der Waals surface area contributed by atoms with Crippen LogP contribution in [-0.4, -0.2) is 44.7 Å². The van der Waals surface area contributed by atoms with Crippen molar-refractivity contribution in [1.82, 2.24) is 19.7 Å². The Labute approximate surface area is 145 Å². The molecule has 7 heteroatoms. The number of nitrogens with two attached hydrogens (primary N) is 1. The molecule has 1 aromatic heterocycles. The minimum absolute atomic E-state index is 0.116. The molecule has 0 radical (unpaired) electrons. The second kappa shape index (κ2) is 6.18. The Morgan fingerprint density at radius 2 is 1.88 bits per heavy atom. The van der Waals surface area contributed by atoms with E-state index in [0.717, 1.165) is 37.2 Å². The van der Waals surface area contributed by atoms with Gasteiger partial charge in [-0.2, -0.15) is 0 Å². The zero-order chi connectivity index (χ0) is 16.7. The summed E-state index contributed by atoms with van der Waals surface area (Å²) < 4.78 is 1.74. The van der Waals surface area contributed by atoms with Gasteiger partial charge in [-0.15, -0.1) is 5.10 Å². The molecule has 1 aliphatic heterocycles. The molecular formula is C17H20ClN5O. The van der Waals surface area contributed by atoms with Crippen molar-refractivity contribution in [1.29, 1.82) is 0 Å². The van der Waals surface area contributed by atoms with Crippen molar-refractivity contribution in [3.05, 3.63) is 40.9 Å². The van der Waals surface area contributed by atoms with Gasteiger partial charge >= 0.3 is 0 Å². The Morgan fingerprint density at radius 3 is 2.54 bits per heavy atom. The normalized spacial score (nSPS) is 18.8. The van der Waals surface area contributed by atoms with Crippen molar-refractivity contribution in [3.63, 3.8) is 0 Å². The molecule has 2 fully saturated rings. The molecule has 0 unspecified atom stereocenters. The third-order valence-corrected chi connectivity index (χ3v) is 4.99. The SMILES string of the molecule is NC1CCN(C(=O)c2nc(C3CC3)n(-c3ccccc3Cl)n2)CC1. The summed E-state index contributed by atoms with van der Waals surface area (Å²) in [4.78, 5) is 19.1. The zero-order valence-electron chi connectivity index (χ0n) is 13.4. The molecule has 1 aromatic carbocycles. The number of aromatic nitrogens is 3. The average molecular weight is 346 g/mol. The first-order valence-electron chi connectivity index (χ1n) is 8.40. The predicted octanol–water partition coefficient (Wildman–Crippen LogP) is 2.36. The van der Waals surface area contributed by atoms with Crippen molar-refractivity contribution in [2.45, 2.75) is 37.6 Å². The molecule has 126 valence electrons. The number of carbonyl (C=O) groups is 1.